The summed E-state index contributed by atoms with van der Waals surface area (Å²) in [5.74, 6) is -1.92. The monoisotopic (exact) mass is 426 g/mol. The summed E-state index contributed by atoms with van der Waals surface area (Å²) >= 11 is 0. The Kier molecular flexibility index (Phi) is 8.39. The molecule has 0 unspecified atom stereocenters. The predicted octanol–water partition coefficient (Wildman–Crippen LogP) is 5.40. The van der Waals surface area contributed by atoms with E-state index in [0.717, 1.165) is 36.8 Å². The maximum atomic E-state index is 11.3. The summed E-state index contributed by atoms with van der Waals surface area (Å²) in [7, 11) is 0. The maximum absolute atomic E-state index is 11.3. The topological polar surface area (TPSA) is 104 Å². The van der Waals surface area contributed by atoms with Crippen LogP contribution in [0.2, 0.25) is 0 Å². The van der Waals surface area contributed by atoms with Crippen LogP contribution >= 0.6 is 0 Å². The van der Waals surface area contributed by atoms with Gasteiger partial charge in [-0.25, -0.2) is 9.59 Å². The molecule has 2 aromatic rings. The van der Waals surface area contributed by atoms with Gasteiger partial charge in [-0.2, -0.15) is 0 Å². The molecule has 2 aromatic carbocycles. The number of benzene rings is 2. The van der Waals surface area contributed by atoms with Gasteiger partial charge in [-0.3, -0.25) is 0 Å². The van der Waals surface area contributed by atoms with Crippen LogP contribution < -0.4 is 4.74 Å². The third-order valence-corrected chi connectivity index (χ3v) is 4.93. The lowest BCUT2D eigenvalue weighted by molar-refractivity contribution is 0.0651. The van der Waals surface area contributed by atoms with Gasteiger partial charge in [0.1, 0.15) is 12.4 Å². The summed E-state index contributed by atoms with van der Waals surface area (Å²) < 4.78 is 5.80. The largest absolute Gasteiger partial charge is 0.489 e. The van der Waals surface area contributed by atoms with Gasteiger partial charge in [-0.1, -0.05) is 30.7 Å². The molecule has 0 atom stereocenters. The molecule has 6 nitrogen and oxygen atoms in total. The average molecular weight is 427 g/mol. The zero-order valence-electron chi connectivity index (χ0n) is 18.2. The summed E-state index contributed by atoms with van der Waals surface area (Å²) in [4.78, 5) is 22.5. The first-order chi connectivity index (χ1) is 14.6. The minimum absolute atomic E-state index is 0.128. The lowest BCUT2D eigenvalue weighted by Crippen LogP contribution is -2.17. The Morgan fingerprint density at radius 2 is 1.71 bits per heavy atom. The summed E-state index contributed by atoms with van der Waals surface area (Å²) in [5, 5.41) is 28.1. The lowest BCUT2D eigenvalue weighted by Gasteiger charge is -2.16. The highest BCUT2D eigenvalue weighted by Crippen LogP contribution is 2.23. The van der Waals surface area contributed by atoms with E-state index < -0.39 is 17.5 Å². The van der Waals surface area contributed by atoms with Crippen LogP contribution in [0.5, 0.6) is 5.75 Å². The van der Waals surface area contributed by atoms with E-state index in [4.69, 9.17) is 9.84 Å². The molecule has 0 bridgehead atoms. The van der Waals surface area contributed by atoms with Crippen LogP contribution in [0, 0.1) is 0 Å². The quantitative estimate of drug-likeness (QED) is 0.416. The van der Waals surface area contributed by atoms with Crippen LogP contribution in [0.15, 0.2) is 48.5 Å². The molecule has 0 aromatic heterocycles. The molecule has 6 heteroatoms. The van der Waals surface area contributed by atoms with Crippen LogP contribution in [0.25, 0.3) is 5.57 Å². The van der Waals surface area contributed by atoms with E-state index in [9.17, 15) is 19.8 Å². The van der Waals surface area contributed by atoms with Crippen LogP contribution in [0.4, 0.5) is 0 Å². The second-order valence-electron chi connectivity index (χ2n) is 8.25. The number of ether oxygens (including phenoxy) is 1. The number of carboxylic acid groups (broad SMARTS) is 2. The molecule has 0 radical (unpaired) electrons. The number of unbranched alkanes of at least 4 members (excludes halogenated alkanes) is 2. The standard InChI is InChI=1S/C25H30O6/c1-17(8-5-4-6-13-25(2,3)30)19-9-7-10-20(15-19)31-16-18-11-12-21(23(26)27)22(14-18)24(28)29/h7-12,14-15,30H,4-6,13,16H2,1-3H3,(H,26,27)(H,28,29)/b17-8-. The van der Waals surface area contributed by atoms with Crippen LogP contribution in [-0.2, 0) is 6.61 Å². The Labute approximate surface area is 182 Å². The second-order valence-corrected chi connectivity index (χ2v) is 8.25. The van der Waals surface area contributed by atoms with Crippen molar-refractivity contribution in [2.24, 2.45) is 0 Å². The van der Waals surface area contributed by atoms with Crippen molar-refractivity contribution in [1.82, 2.24) is 0 Å². The van der Waals surface area contributed by atoms with Gasteiger partial charge in [0.25, 0.3) is 0 Å². The smallest absolute Gasteiger partial charge is 0.336 e. The van der Waals surface area contributed by atoms with Crippen molar-refractivity contribution < 1.29 is 29.6 Å². The number of carboxylic acids is 2. The Bertz CT molecular complexity index is 953. The van der Waals surface area contributed by atoms with Crippen molar-refractivity contribution in [1.29, 1.82) is 0 Å². The molecule has 0 fully saturated rings. The molecule has 0 spiro atoms. The Hall–Kier alpha value is -3.12. The van der Waals surface area contributed by atoms with Crippen molar-refractivity contribution in [3.05, 3.63) is 70.8 Å². The number of hydrogen-bond acceptors (Lipinski definition) is 4. The number of aromatic carboxylic acids is 2. The number of rotatable bonds is 11. The first-order valence-electron chi connectivity index (χ1n) is 10.3. The van der Waals surface area contributed by atoms with E-state index >= 15 is 0 Å². The second kappa shape index (κ2) is 10.8. The van der Waals surface area contributed by atoms with E-state index in [1.165, 1.54) is 12.1 Å². The maximum Gasteiger partial charge on any atom is 0.336 e. The van der Waals surface area contributed by atoms with Gasteiger partial charge in [0, 0.05) is 0 Å². The normalized spacial score (nSPS) is 11.9. The Morgan fingerprint density at radius 1 is 1.00 bits per heavy atom. The van der Waals surface area contributed by atoms with E-state index in [2.05, 4.69) is 6.08 Å². The number of carbonyl (C=O) groups is 2. The molecule has 0 aliphatic rings. The fourth-order valence-electron chi connectivity index (χ4n) is 3.18. The number of hydrogen-bond donors (Lipinski definition) is 3. The van der Waals surface area contributed by atoms with E-state index in [1.807, 2.05) is 45.0 Å². The predicted molar refractivity (Wildman–Crippen MR) is 120 cm³/mol. The summed E-state index contributed by atoms with van der Waals surface area (Å²) in [5.41, 5.74) is 1.61. The highest BCUT2D eigenvalue weighted by atomic mass is 16.5. The van der Waals surface area contributed by atoms with Gasteiger partial charge in [0.05, 0.1) is 16.7 Å². The van der Waals surface area contributed by atoms with E-state index in [1.54, 1.807) is 6.07 Å². The summed E-state index contributed by atoms with van der Waals surface area (Å²) in [6.07, 6.45) is 5.86. The number of aliphatic hydroxyl groups is 1. The minimum atomic E-state index is -1.29. The Balaban J connectivity index is 1.99. The fraction of sp³-hybridized carbons (Fsp3) is 0.360. The fourth-order valence-corrected chi connectivity index (χ4v) is 3.18. The van der Waals surface area contributed by atoms with Crippen LogP contribution in [-0.4, -0.2) is 32.9 Å². The van der Waals surface area contributed by atoms with Crippen molar-refractivity contribution in [2.75, 3.05) is 0 Å². The zero-order valence-corrected chi connectivity index (χ0v) is 18.2. The first kappa shape index (κ1) is 24.2. The van der Waals surface area contributed by atoms with Gasteiger partial charge in [0.2, 0.25) is 0 Å². The Morgan fingerprint density at radius 3 is 2.35 bits per heavy atom. The molecule has 166 valence electrons. The SMILES string of the molecule is C/C(=C/CCCCC(C)(C)O)c1cccc(OCc2ccc(C(=O)O)c(C(=O)O)c2)c1. The average Bonchev–Trinajstić information content (AvgIpc) is 2.70. The lowest BCUT2D eigenvalue weighted by atomic mass is 9.99. The summed E-state index contributed by atoms with van der Waals surface area (Å²) in [6, 6.07) is 11.8. The van der Waals surface area contributed by atoms with Gasteiger partial charge in [-0.15, -0.1) is 0 Å². The van der Waals surface area contributed by atoms with Crippen molar-refractivity contribution in [3.63, 3.8) is 0 Å². The third kappa shape index (κ3) is 7.90. The zero-order chi connectivity index (χ0) is 23.0. The summed E-state index contributed by atoms with van der Waals surface area (Å²) in [6.45, 7) is 5.81. The first-order valence-corrected chi connectivity index (χ1v) is 10.3. The molecule has 0 amide bonds. The molecule has 0 aliphatic carbocycles. The van der Waals surface area contributed by atoms with Gasteiger partial charge < -0.3 is 20.1 Å². The minimum Gasteiger partial charge on any atom is -0.489 e. The van der Waals surface area contributed by atoms with Crippen molar-refractivity contribution in [3.8, 4) is 5.75 Å². The van der Waals surface area contributed by atoms with Gasteiger partial charge in [-0.05, 0) is 81.0 Å². The third-order valence-electron chi connectivity index (χ3n) is 4.93. The molecule has 0 heterocycles. The molecule has 0 aliphatic heterocycles. The van der Waals surface area contributed by atoms with Crippen molar-refractivity contribution >= 4 is 17.5 Å². The molecular weight excluding hydrogens is 396 g/mol. The van der Waals surface area contributed by atoms with E-state index in [-0.39, 0.29) is 17.7 Å². The van der Waals surface area contributed by atoms with Gasteiger partial charge in [0.15, 0.2) is 0 Å². The van der Waals surface area contributed by atoms with Crippen LogP contribution in [0.3, 0.4) is 0 Å². The van der Waals surface area contributed by atoms with Crippen molar-refractivity contribution in [2.45, 2.75) is 58.7 Å². The van der Waals surface area contributed by atoms with Crippen LogP contribution in [0.1, 0.15) is 78.3 Å². The highest BCUT2D eigenvalue weighted by Gasteiger charge is 2.16. The highest BCUT2D eigenvalue weighted by molar-refractivity contribution is 6.01. The molecule has 0 saturated heterocycles. The molecule has 3 N–H and O–H groups in total. The molecule has 0 saturated carbocycles. The molecule has 2 rings (SSSR count). The molecular formula is C25H30O6. The van der Waals surface area contributed by atoms with Gasteiger partial charge >= 0.3 is 11.9 Å². The number of allylic oxidation sites excluding steroid dienone is 2. The van der Waals surface area contributed by atoms with E-state index in [0.29, 0.717) is 11.3 Å². The molecule has 31 heavy (non-hydrogen) atoms.